The minimum Gasteiger partial charge on any atom is -0.509 e. The van der Waals surface area contributed by atoms with Crippen LogP contribution in [-0.2, 0) is 9.59 Å². The molecule has 0 fully saturated rings. The molecule has 1 aliphatic heterocycles. The quantitative estimate of drug-likeness (QED) is 0.758. The Hall–Kier alpha value is -2.81. The smallest absolute Gasteiger partial charge is 0.262 e. The third-order valence-electron chi connectivity index (χ3n) is 3.46. The van der Waals surface area contributed by atoms with Crippen molar-refractivity contribution in [2.75, 3.05) is 23.3 Å². The normalized spacial score (nSPS) is 14.6. The molecule has 2 N–H and O–H groups in total. The number of carbonyl (C=O) groups excluding carboxylic acids is 2. The van der Waals surface area contributed by atoms with Crippen molar-refractivity contribution < 1.29 is 19.1 Å². The number of nitrogens with zero attached hydrogens (tertiary/aromatic N) is 3. The molecule has 1 aromatic heterocycles. The number of Topliss-reactive ketones (excluding diaryl/α,β-unsaturated/α-hetero) is 1. The summed E-state index contributed by atoms with van der Waals surface area (Å²) in [5.74, 6) is -1.86. The minimum absolute atomic E-state index is 0.0699. The molecule has 0 saturated heterocycles. The molecule has 1 aromatic carbocycles. The molecule has 2 aromatic rings. The third-order valence-corrected chi connectivity index (χ3v) is 3.87. The van der Waals surface area contributed by atoms with Crippen LogP contribution in [0.2, 0.25) is 0 Å². The van der Waals surface area contributed by atoms with Crippen molar-refractivity contribution >= 4 is 39.3 Å². The molecule has 128 valence electrons. The third kappa shape index (κ3) is 3.82. The van der Waals surface area contributed by atoms with E-state index in [1.165, 1.54) is 41.6 Å². The summed E-state index contributed by atoms with van der Waals surface area (Å²) >= 11 is 3.21. The summed E-state index contributed by atoms with van der Waals surface area (Å²) in [7, 11) is 0. The Kier molecular flexibility index (Phi) is 4.75. The largest absolute Gasteiger partial charge is 0.509 e. The fourth-order valence-electron chi connectivity index (χ4n) is 2.32. The zero-order chi connectivity index (χ0) is 18.0. The Balaban J connectivity index is 1.78. The number of hydrogen-bond acceptors (Lipinski definition) is 6. The summed E-state index contributed by atoms with van der Waals surface area (Å²) in [5, 5.41) is 12.6. The molecular weight excluding hydrogens is 395 g/mol. The summed E-state index contributed by atoms with van der Waals surface area (Å²) in [6, 6.07) is 5.08. The van der Waals surface area contributed by atoms with Gasteiger partial charge in [0.2, 0.25) is 5.95 Å². The zero-order valence-corrected chi connectivity index (χ0v) is 14.3. The van der Waals surface area contributed by atoms with Crippen LogP contribution in [-0.4, -0.2) is 39.9 Å². The van der Waals surface area contributed by atoms with Crippen LogP contribution < -0.4 is 10.2 Å². The number of aliphatic hydroxyl groups is 1. The predicted molar refractivity (Wildman–Crippen MR) is 91.6 cm³/mol. The van der Waals surface area contributed by atoms with E-state index < -0.39 is 17.5 Å². The van der Waals surface area contributed by atoms with Crippen LogP contribution >= 0.6 is 15.9 Å². The van der Waals surface area contributed by atoms with Gasteiger partial charge in [0.15, 0.2) is 5.78 Å². The van der Waals surface area contributed by atoms with Crippen LogP contribution in [0.5, 0.6) is 0 Å². The molecule has 0 unspecified atom stereocenters. The van der Waals surface area contributed by atoms with E-state index >= 15 is 0 Å². The molecule has 7 nitrogen and oxygen atoms in total. The molecule has 2 heterocycles. The van der Waals surface area contributed by atoms with E-state index in [1.54, 1.807) is 0 Å². The lowest BCUT2D eigenvalue weighted by molar-refractivity contribution is -0.120. The second kappa shape index (κ2) is 6.98. The van der Waals surface area contributed by atoms with Gasteiger partial charge < -0.3 is 15.3 Å². The maximum Gasteiger partial charge on any atom is 0.262 e. The van der Waals surface area contributed by atoms with E-state index in [1.807, 2.05) is 0 Å². The summed E-state index contributed by atoms with van der Waals surface area (Å²) in [5.41, 5.74) is -0.00383. The maximum atomic E-state index is 12.9. The number of aliphatic hydroxyl groups excluding tert-OH is 1. The topological polar surface area (TPSA) is 95.4 Å². The van der Waals surface area contributed by atoms with Crippen molar-refractivity contribution in [2.24, 2.45) is 0 Å². The minimum atomic E-state index is -0.745. The van der Waals surface area contributed by atoms with Crippen LogP contribution in [0.15, 0.2) is 52.5 Å². The van der Waals surface area contributed by atoms with E-state index in [2.05, 4.69) is 31.2 Å². The number of ketones is 1. The first-order chi connectivity index (χ1) is 11.9. The van der Waals surface area contributed by atoms with Gasteiger partial charge in [-0.15, -0.1) is 0 Å². The van der Waals surface area contributed by atoms with Crippen molar-refractivity contribution in [1.82, 2.24) is 9.97 Å². The van der Waals surface area contributed by atoms with Gasteiger partial charge in [0.1, 0.15) is 17.1 Å². The summed E-state index contributed by atoms with van der Waals surface area (Å²) < 4.78 is 13.6. The molecule has 9 heteroatoms. The van der Waals surface area contributed by atoms with Crippen LogP contribution in [0.1, 0.15) is 0 Å². The summed E-state index contributed by atoms with van der Waals surface area (Å²) in [6.07, 6.45) is 3.04. The Morgan fingerprint density at radius 1 is 1.20 bits per heavy atom. The number of anilines is 2. The number of aromatic nitrogens is 2. The number of amides is 1. The van der Waals surface area contributed by atoms with Crippen molar-refractivity contribution in [3.8, 4) is 0 Å². The molecule has 3 rings (SSSR count). The fourth-order valence-corrected chi connectivity index (χ4v) is 2.53. The second-order valence-electron chi connectivity index (χ2n) is 5.26. The highest BCUT2D eigenvalue weighted by molar-refractivity contribution is 9.10. The number of halogens is 2. The molecule has 1 amide bonds. The molecular formula is C16H12BrFN4O3. The van der Waals surface area contributed by atoms with E-state index in [4.69, 9.17) is 0 Å². The van der Waals surface area contributed by atoms with Gasteiger partial charge in [0.25, 0.3) is 5.91 Å². The number of rotatable bonds is 3. The molecule has 0 spiro atoms. The van der Waals surface area contributed by atoms with Crippen molar-refractivity contribution in [3.05, 3.63) is 58.3 Å². The standard InChI is InChI=1S/C16H12BrFN4O3/c17-9-5-19-16(20-6-9)22-7-12(23)14(13(24)8-22)15(25)21-11-3-1-10(18)2-4-11/h1-6,23H,7-8H2,(H,21,25). The first-order valence-electron chi connectivity index (χ1n) is 7.19. The Morgan fingerprint density at radius 3 is 2.44 bits per heavy atom. The SMILES string of the molecule is O=C1CN(c2ncc(Br)cn2)CC(O)=C1C(=O)Nc1ccc(F)cc1. The van der Waals surface area contributed by atoms with Crippen LogP contribution in [0.3, 0.4) is 0 Å². The molecule has 1 aliphatic rings. The van der Waals surface area contributed by atoms with Crippen LogP contribution in [0.4, 0.5) is 16.0 Å². The van der Waals surface area contributed by atoms with Gasteiger partial charge in [0.05, 0.1) is 17.6 Å². The molecule has 0 radical (unpaired) electrons. The summed E-state index contributed by atoms with van der Waals surface area (Å²) in [6.45, 7) is -0.211. The van der Waals surface area contributed by atoms with Gasteiger partial charge in [-0.05, 0) is 40.2 Å². The highest BCUT2D eigenvalue weighted by Gasteiger charge is 2.31. The number of nitrogens with one attached hydrogen (secondary N) is 1. The predicted octanol–water partition coefficient (Wildman–Crippen LogP) is 2.22. The molecule has 0 aliphatic carbocycles. The Labute approximate surface area is 150 Å². The lowest BCUT2D eigenvalue weighted by atomic mass is 10.0. The van der Waals surface area contributed by atoms with Gasteiger partial charge in [-0.2, -0.15) is 0 Å². The first-order valence-corrected chi connectivity index (χ1v) is 7.98. The lowest BCUT2D eigenvalue weighted by Gasteiger charge is -2.26. The Bertz CT molecular complexity index is 853. The first kappa shape index (κ1) is 17.0. The van der Waals surface area contributed by atoms with Gasteiger partial charge in [-0.3, -0.25) is 9.59 Å². The van der Waals surface area contributed by atoms with Crippen molar-refractivity contribution in [1.29, 1.82) is 0 Å². The van der Waals surface area contributed by atoms with E-state index in [0.717, 1.165) is 0 Å². The van der Waals surface area contributed by atoms with Gasteiger partial charge in [-0.1, -0.05) is 0 Å². The maximum absolute atomic E-state index is 12.9. The van der Waals surface area contributed by atoms with Crippen molar-refractivity contribution in [3.63, 3.8) is 0 Å². The average molecular weight is 407 g/mol. The number of benzene rings is 1. The van der Waals surface area contributed by atoms with Crippen LogP contribution in [0, 0.1) is 5.82 Å². The van der Waals surface area contributed by atoms with E-state index in [-0.39, 0.29) is 30.4 Å². The van der Waals surface area contributed by atoms with Crippen molar-refractivity contribution in [2.45, 2.75) is 0 Å². The average Bonchev–Trinajstić information content (AvgIpc) is 2.57. The highest BCUT2D eigenvalue weighted by Crippen LogP contribution is 2.20. The molecule has 0 atom stereocenters. The molecule has 0 bridgehead atoms. The number of carbonyl (C=O) groups is 2. The number of hydrogen-bond donors (Lipinski definition) is 2. The molecule has 0 saturated carbocycles. The van der Waals surface area contributed by atoms with Gasteiger partial charge >= 0.3 is 0 Å². The van der Waals surface area contributed by atoms with E-state index in [0.29, 0.717) is 10.2 Å². The highest BCUT2D eigenvalue weighted by atomic mass is 79.9. The van der Waals surface area contributed by atoms with E-state index in [9.17, 15) is 19.1 Å². The lowest BCUT2D eigenvalue weighted by Crippen LogP contribution is -2.41. The fraction of sp³-hybridized carbons (Fsp3) is 0.125. The Morgan fingerprint density at radius 2 is 1.84 bits per heavy atom. The van der Waals surface area contributed by atoms with Crippen LogP contribution in [0.25, 0.3) is 0 Å². The second-order valence-corrected chi connectivity index (χ2v) is 6.18. The van der Waals surface area contributed by atoms with Gasteiger partial charge in [0, 0.05) is 18.1 Å². The van der Waals surface area contributed by atoms with Gasteiger partial charge in [-0.25, -0.2) is 14.4 Å². The summed E-state index contributed by atoms with van der Waals surface area (Å²) in [4.78, 5) is 34.1. The molecule has 25 heavy (non-hydrogen) atoms. The zero-order valence-electron chi connectivity index (χ0n) is 12.7. The monoisotopic (exact) mass is 406 g/mol.